The second kappa shape index (κ2) is 5.53. The van der Waals surface area contributed by atoms with E-state index in [-0.39, 0.29) is 26.1 Å². The van der Waals surface area contributed by atoms with E-state index in [9.17, 15) is 9.67 Å². The molecule has 0 aliphatic heterocycles. The van der Waals surface area contributed by atoms with Crippen LogP contribution in [-0.2, 0) is 9.09 Å². The maximum Gasteiger partial charge on any atom is 0.697 e. The van der Waals surface area contributed by atoms with Gasteiger partial charge in [-0.2, -0.15) is 0 Å². The van der Waals surface area contributed by atoms with Crippen LogP contribution in [0, 0.1) is 0 Å². The van der Waals surface area contributed by atoms with E-state index < -0.39 is 14.0 Å². The Balaban J connectivity index is 4.07. The van der Waals surface area contributed by atoms with Gasteiger partial charge in [-0.1, -0.05) is 4.52 Å². The Kier molecular flexibility index (Phi) is 5.48. The molecule has 12 heavy (non-hydrogen) atoms. The minimum atomic E-state index is -2.93. The lowest BCUT2D eigenvalue weighted by atomic mass is 10.1. The normalized spacial score (nSPS) is 13.2. The molecule has 72 valence electrons. The van der Waals surface area contributed by atoms with Gasteiger partial charge in [0, 0.05) is 30.6 Å². The molecular formula is C5H12O6P+. The molecule has 6 nitrogen and oxygen atoms in total. The Bertz CT molecular complexity index is 143. The zero-order valence-electron chi connectivity index (χ0n) is 6.38. The summed E-state index contributed by atoms with van der Waals surface area (Å²) in [6.07, 6.45) is -0.426. The van der Waals surface area contributed by atoms with E-state index in [4.69, 9.17) is 15.1 Å². The molecule has 0 saturated carbocycles. The van der Waals surface area contributed by atoms with Crippen molar-refractivity contribution in [2.24, 2.45) is 0 Å². The van der Waals surface area contributed by atoms with Crippen LogP contribution in [0.4, 0.5) is 0 Å². The quantitative estimate of drug-likeness (QED) is 0.326. The van der Waals surface area contributed by atoms with Gasteiger partial charge >= 0.3 is 8.25 Å². The van der Waals surface area contributed by atoms with Gasteiger partial charge in [-0.15, -0.1) is 4.89 Å². The molecule has 0 heterocycles. The van der Waals surface area contributed by atoms with Gasteiger partial charge < -0.3 is 15.3 Å². The van der Waals surface area contributed by atoms with Gasteiger partial charge in [-0.25, -0.2) is 0 Å². The van der Waals surface area contributed by atoms with Gasteiger partial charge in [0.2, 0.25) is 5.79 Å². The van der Waals surface area contributed by atoms with Crippen molar-refractivity contribution in [3.63, 3.8) is 0 Å². The van der Waals surface area contributed by atoms with E-state index in [2.05, 4.69) is 4.52 Å². The Hall–Kier alpha value is -0.100. The number of aliphatic hydroxyl groups excluding tert-OH is 2. The van der Waals surface area contributed by atoms with Crippen molar-refractivity contribution in [2.45, 2.75) is 18.6 Å². The van der Waals surface area contributed by atoms with Crippen LogP contribution >= 0.6 is 8.25 Å². The number of rotatable bonds is 6. The average molecular weight is 199 g/mol. The van der Waals surface area contributed by atoms with Crippen LogP contribution < -0.4 is 0 Å². The second-order valence-corrected chi connectivity index (χ2v) is 2.88. The summed E-state index contributed by atoms with van der Waals surface area (Å²) in [6, 6.07) is 0. The first-order valence-electron chi connectivity index (χ1n) is 3.33. The molecule has 1 unspecified atom stereocenters. The molecule has 0 amide bonds. The highest BCUT2D eigenvalue weighted by Gasteiger charge is 2.37. The third-order valence-corrected chi connectivity index (χ3v) is 1.75. The summed E-state index contributed by atoms with van der Waals surface area (Å²) in [5, 5.41) is 26.2. The third kappa shape index (κ3) is 4.71. The highest BCUT2D eigenvalue weighted by Crippen LogP contribution is 2.28. The summed E-state index contributed by atoms with van der Waals surface area (Å²) in [5.41, 5.74) is 0. The van der Waals surface area contributed by atoms with Crippen LogP contribution in [0.2, 0.25) is 0 Å². The van der Waals surface area contributed by atoms with E-state index >= 15 is 0 Å². The summed E-state index contributed by atoms with van der Waals surface area (Å²) >= 11 is 0. The maximum atomic E-state index is 10.2. The van der Waals surface area contributed by atoms with Crippen LogP contribution in [0.5, 0.6) is 0 Å². The van der Waals surface area contributed by atoms with Gasteiger partial charge in [0.15, 0.2) is 0 Å². The van der Waals surface area contributed by atoms with Gasteiger partial charge in [0.25, 0.3) is 0 Å². The predicted octanol–water partition coefficient (Wildman–Crippen LogP) is -0.894. The molecule has 0 saturated heterocycles. The number of hydrogen-bond acceptors (Lipinski definition) is 5. The zero-order valence-corrected chi connectivity index (χ0v) is 7.28. The SMILES string of the molecule is O=[P+](O)OC(O)(CCO)CCO. The molecule has 0 aliphatic rings. The first-order valence-corrected chi connectivity index (χ1v) is 4.46. The standard InChI is InChI=1S/C5H11O6P/c6-3-1-5(8,2-4-7)11-12(9)10/h6-8H,1-4H2/p+1. The predicted molar refractivity (Wildman–Crippen MR) is 39.3 cm³/mol. The van der Waals surface area contributed by atoms with Crippen LogP contribution in [-0.4, -0.2) is 39.2 Å². The average Bonchev–Trinajstić information content (AvgIpc) is 1.85. The van der Waals surface area contributed by atoms with Crippen LogP contribution in [0.15, 0.2) is 0 Å². The lowest BCUT2D eigenvalue weighted by molar-refractivity contribution is -0.159. The van der Waals surface area contributed by atoms with E-state index in [0.29, 0.717) is 0 Å². The van der Waals surface area contributed by atoms with E-state index in [0.717, 1.165) is 0 Å². The first-order chi connectivity index (χ1) is 5.54. The van der Waals surface area contributed by atoms with Crippen molar-refractivity contribution in [1.29, 1.82) is 0 Å². The summed E-state index contributed by atoms with van der Waals surface area (Å²) in [4.78, 5) is 8.31. The maximum absolute atomic E-state index is 10.2. The molecule has 0 radical (unpaired) electrons. The van der Waals surface area contributed by atoms with E-state index in [1.165, 1.54) is 0 Å². The van der Waals surface area contributed by atoms with Gasteiger partial charge in [-0.3, -0.25) is 0 Å². The Morgan fingerprint density at radius 2 is 1.67 bits per heavy atom. The molecule has 0 aromatic carbocycles. The van der Waals surface area contributed by atoms with Gasteiger partial charge in [0.05, 0.1) is 0 Å². The second-order valence-electron chi connectivity index (χ2n) is 2.22. The van der Waals surface area contributed by atoms with Gasteiger partial charge in [0.1, 0.15) is 0 Å². The molecule has 0 aromatic rings. The van der Waals surface area contributed by atoms with E-state index in [1.807, 2.05) is 0 Å². The molecular weight excluding hydrogens is 187 g/mol. The molecule has 0 rings (SSSR count). The van der Waals surface area contributed by atoms with Crippen LogP contribution in [0.1, 0.15) is 12.8 Å². The van der Waals surface area contributed by atoms with Crippen LogP contribution in [0.3, 0.4) is 0 Å². The van der Waals surface area contributed by atoms with Crippen molar-refractivity contribution >= 4 is 8.25 Å². The smallest absolute Gasteiger partial charge is 0.396 e. The van der Waals surface area contributed by atoms with Crippen molar-refractivity contribution in [1.82, 2.24) is 0 Å². The lowest BCUT2D eigenvalue weighted by Gasteiger charge is -2.18. The summed E-state index contributed by atoms with van der Waals surface area (Å²) in [5.74, 6) is -1.91. The molecule has 1 atom stereocenters. The Morgan fingerprint density at radius 1 is 1.25 bits per heavy atom. The number of aliphatic hydroxyl groups is 3. The molecule has 0 fully saturated rings. The topological polar surface area (TPSA) is 107 Å². The summed E-state index contributed by atoms with van der Waals surface area (Å²) in [7, 11) is -2.93. The fourth-order valence-corrected chi connectivity index (χ4v) is 1.18. The zero-order chi connectivity index (χ0) is 9.61. The molecule has 4 N–H and O–H groups in total. The monoisotopic (exact) mass is 199 g/mol. The minimum absolute atomic E-state index is 0.213. The largest absolute Gasteiger partial charge is 0.697 e. The highest BCUT2D eigenvalue weighted by atomic mass is 31.1. The Labute approximate surface area is 70.4 Å². The van der Waals surface area contributed by atoms with Crippen molar-refractivity contribution in [2.75, 3.05) is 13.2 Å². The molecule has 0 spiro atoms. The molecule has 0 aromatic heterocycles. The van der Waals surface area contributed by atoms with Crippen LogP contribution in [0.25, 0.3) is 0 Å². The van der Waals surface area contributed by atoms with Gasteiger partial charge in [-0.05, 0) is 0 Å². The van der Waals surface area contributed by atoms with Crippen molar-refractivity contribution in [3.05, 3.63) is 0 Å². The number of hydrogen-bond donors (Lipinski definition) is 4. The first kappa shape index (κ1) is 11.9. The molecule has 0 aliphatic carbocycles. The van der Waals surface area contributed by atoms with E-state index in [1.54, 1.807) is 0 Å². The third-order valence-electron chi connectivity index (χ3n) is 1.25. The highest BCUT2D eigenvalue weighted by molar-refractivity contribution is 7.32. The van der Waals surface area contributed by atoms with Crippen molar-refractivity contribution in [3.8, 4) is 0 Å². The fraction of sp³-hybridized carbons (Fsp3) is 1.00. The fourth-order valence-electron chi connectivity index (χ4n) is 0.711. The summed E-state index contributed by atoms with van der Waals surface area (Å²) < 4.78 is 14.4. The minimum Gasteiger partial charge on any atom is -0.396 e. The molecule has 0 bridgehead atoms. The lowest BCUT2D eigenvalue weighted by Crippen LogP contribution is -2.32. The van der Waals surface area contributed by atoms with Crippen molar-refractivity contribution < 1.29 is 29.3 Å². The Morgan fingerprint density at radius 3 is 1.92 bits per heavy atom. The summed E-state index contributed by atoms with van der Waals surface area (Å²) in [6.45, 7) is -0.778. The molecule has 7 heteroatoms.